The van der Waals surface area contributed by atoms with Crippen molar-refractivity contribution in [1.82, 2.24) is 0 Å². The summed E-state index contributed by atoms with van der Waals surface area (Å²) in [5, 5.41) is 3.46. The molecular weight excluding hydrogens is 425 g/mol. The molecule has 118 valence electrons. The predicted octanol–water partition coefficient (Wildman–Crippen LogP) is 2.60. The monoisotopic (exact) mass is 443 g/mol. The molecule has 1 aromatic rings. The number of rotatable bonds is 5. The van der Waals surface area contributed by atoms with E-state index in [0.29, 0.717) is 23.3 Å². The van der Waals surface area contributed by atoms with Gasteiger partial charge < -0.3 is 15.8 Å². The molecule has 0 bridgehead atoms. The Labute approximate surface area is 149 Å². The number of anilines is 1. The van der Waals surface area contributed by atoms with E-state index in [0.717, 1.165) is 18.5 Å². The van der Waals surface area contributed by atoms with Gasteiger partial charge in [0, 0.05) is 22.7 Å². The first-order valence-corrected chi connectivity index (χ1v) is 8.14. The summed E-state index contributed by atoms with van der Waals surface area (Å²) in [6.07, 6.45) is 3.61. The topological polar surface area (TPSA) is 76.7 Å². The first-order valence-electron chi connectivity index (χ1n) is 6.21. The summed E-state index contributed by atoms with van der Waals surface area (Å²) in [6.45, 7) is 0.485. The SMILES string of the molecule is COc1ccc(NC(N)=NCC2(S(C)=O)CC2)cc1Cl.I. The fourth-order valence-corrected chi connectivity index (χ4v) is 3.02. The van der Waals surface area contributed by atoms with Crippen molar-refractivity contribution in [3.63, 3.8) is 0 Å². The van der Waals surface area contributed by atoms with E-state index in [9.17, 15) is 4.21 Å². The summed E-state index contributed by atoms with van der Waals surface area (Å²) >= 11 is 6.03. The molecule has 0 aromatic heterocycles. The van der Waals surface area contributed by atoms with Crippen LogP contribution >= 0.6 is 35.6 Å². The van der Waals surface area contributed by atoms with Gasteiger partial charge in [0.15, 0.2) is 5.96 Å². The molecule has 2 rings (SSSR count). The number of halogens is 2. The van der Waals surface area contributed by atoms with Crippen molar-refractivity contribution in [1.29, 1.82) is 0 Å². The third kappa shape index (κ3) is 4.72. The smallest absolute Gasteiger partial charge is 0.193 e. The number of methoxy groups -OCH3 is 1. The van der Waals surface area contributed by atoms with Gasteiger partial charge in [-0.3, -0.25) is 9.20 Å². The second-order valence-electron chi connectivity index (χ2n) is 4.81. The van der Waals surface area contributed by atoms with Crippen LogP contribution in [0.15, 0.2) is 23.2 Å². The highest BCUT2D eigenvalue weighted by molar-refractivity contribution is 14.0. The Balaban J connectivity index is 0.00000220. The van der Waals surface area contributed by atoms with Crippen LogP contribution in [0.3, 0.4) is 0 Å². The summed E-state index contributed by atoms with van der Waals surface area (Å²) in [5.41, 5.74) is 6.56. The average molecular weight is 444 g/mol. The fraction of sp³-hybridized carbons (Fsp3) is 0.462. The lowest BCUT2D eigenvalue weighted by Gasteiger charge is -2.11. The maximum atomic E-state index is 11.6. The molecule has 1 aliphatic carbocycles. The Morgan fingerprint density at radius 3 is 2.71 bits per heavy atom. The largest absolute Gasteiger partial charge is 0.495 e. The second-order valence-corrected chi connectivity index (χ2v) is 6.99. The first kappa shape index (κ1) is 18.5. The van der Waals surface area contributed by atoms with E-state index in [4.69, 9.17) is 22.1 Å². The summed E-state index contributed by atoms with van der Waals surface area (Å²) in [6, 6.07) is 5.27. The van der Waals surface area contributed by atoms with E-state index < -0.39 is 10.8 Å². The number of nitrogens with zero attached hydrogens (tertiary/aromatic N) is 1. The lowest BCUT2D eigenvalue weighted by atomic mass is 10.3. The quantitative estimate of drug-likeness (QED) is 0.417. The van der Waals surface area contributed by atoms with E-state index in [1.807, 2.05) is 0 Å². The van der Waals surface area contributed by atoms with Crippen molar-refractivity contribution in [2.24, 2.45) is 10.7 Å². The number of guanidine groups is 1. The lowest BCUT2D eigenvalue weighted by molar-refractivity contribution is 0.415. The minimum absolute atomic E-state index is 0. The van der Waals surface area contributed by atoms with Crippen molar-refractivity contribution in [2.75, 3.05) is 25.2 Å². The molecule has 3 N–H and O–H groups in total. The highest BCUT2D eigenvalue weighted by atomic mass is 127. The van der Waals surface area contributed by atoms with Gasteiger partial charge in [0.1, 0.15) is 5.75 Å². The molecule has 0 heterocycles. The second kappa shape index (κ2) is 7.64. The molecule has 1 fully saturated rings. The zero-order chi connectivity index (χ0) is 14.8. The summed E-state index contributed by atoms with van der Waals surface area (Å²) < 4.78 is 16.5. The fourth-order valence-electron chi connectivity index (χ4n) is 1.84. The van der Waals surface area contributed by atoms with Gasteiger partial charge in [0.2, 0.25) is 0 Å². The highest BCUT2D eigenvalue weighted by Gasteiger charge is 2.46. The predicted molar refractivity (Wildman–Crippen MR) is 99.6 cm³/mol. The van der Waals surface area contributed by atoms with Crippen LogP contribution in [-0.2, 0) is 10.8 Å². The van der Waals surface area contributed by atoms with Crippen LogP contribution < -0.4 is 15.8 Å². The summed E-state index contributed by atoms with van der Waals surface area (Å²) in [5.74, 6) is 0.897. The van der Waals surface area contributed by atoms with Crippen LogP contribution in [0.1, 0.15) is 12.8 Å². The van der Waals surface area contributed by atoms with Crippen LogP contribution in [0.2, 0.25) is 5.02 Å². The zero-order valence-corrected chi connectivity index (χ0v) is 15.8. The van der Waals surface area contributed by atoms with Gasteiger partial charge in [-0.2, -0.15) is 0 Å². The minimum atomic E-state index is -0.864. The molecule has 5 nitrogen and oxygen atoms in total. The van der Waals surface area contributed by atoms with Crippen molar-refractivity contribution >= 4 is 58.0 Å². The minimum Gasteiger partial charge on any atom is -0.495 e. The van der Waals surface area contributed by atoms with Gasteiger partial charge in [-0.05, 0) is 31.0 Å². The number of hydrogen-bond acceptors (Lipinski definition) is 3. The third-order valence-electron chi connectivity index (χ3n) is 3.38. The van der Waals surface area contributed by atoms with Crippen LogP contribution in [-0.4, -0.2) is 34.8 Å². The maximum Gasteiger partial charge on any atom is 0.193 e. The van der Waals surface area contributed by atoms with E-state index >= 15 is 0 Å². The van der Waals surface area contributed by atoms with Gasteiger partial charge in [0.25, 0.3) is 0 Å². The molecule has 0 spiro atoms. The van der Waals surface area contributed by atoms with Gasteiger partial charge >= 0.3 is 0 Å². The Bertz CT molecular complexity index is 564. The van der Waals surface area contributed by atoms with E-state index in [1.165, 1.54) is 0 Å². The molecule has 1 saturated carbocycles. The first-order chi connectivity index (χ1) is 9.47. The average Bonchev–Trinajstić information content (AvgIpc) is 3.18. The molecule has 1 unspecified atom stereocenters. The van der Waals surface area contributed by atoms with E-state index in [1.54, 1.807) is 31.6 Å². The molecule has 8 heteroatoms. The Morgan fingerprint density at radius 1 is 1.57 bits per heavy atom. The number of benzene rings is 1. The number of ether oxygens (including phenoxy) is 1. The van der Waals surface area contributed by atoms with Gasteiger partial charge in [0.05, 0.1) is 23.4 Å². The number of nitrogens with two attached hydrogens (primary N) is 1. The molecule has 0 amide bonds. The summed E-state index contributed by atoms with van der Waals surface area (Å²) in [7, 11) is 0.696. The van der Waals surface area contributed by atoms with Gasteiger partial charge in [-0.15, -0.1) is 24.0 Å². The Morgan fingerprint density at radius 2 is 2.24 bits per heavy atom. The van der Waals surface area contributed by atoms with Crippen molar-refractivity contribution in [3.8, 4) is 5.75 Å². The zero-order valence-electron chi connectivity index (χ0n) is 11.9. The molecule has 0 aliphatic heterocycles. The molecule has 1 aliphatic rings. The van der Waals surface area contributed by atoms with E-state index in [2.05, 4.69) is 10.3 Å². The molecule has 1 aromatic carbocycles. The van der Waals surface area contributed by atoms with Crippen LogP contribution in [0.4, 0.5) is 5.69 Å². The van der Waals surface area contributed by atoms with Crippen molar-refractivity contribution < 1.29 is 8.95 Å². The Kier molecular flexibility index (Phi) is 6.73. The Hall–Kier alpha value is -0.540. The number of nitrogens with one attached hydrogen (secondary N) is 1. The normalized spacial score (nSPS) is 17.6. The molecule has 21 heavy (non-hydrogen) atoms. The van der Waals surface area contributed by atoms with Crippen molar-refractivity contribution in [2.45, 2.75) is 17.6 Å². The van der Waals surface area contributed by atoms with Crippen LogP contribution in [0.5, 0.6) is 5.75 Å². The number of hydrogen-bond donors (Lipinski definition) is 2. The van der Waals surface area contributed by atoms with Gasteiger partial charge in [-0.1, -0.05) is 11.6 Å². The third-order valence-corrected chi connectivity index (χ3v) is 5.43. The van der Waals surface area contributed by atoms with Crippen LogP contribution in [0.25, 0.3) is 0 Å². The standard InChI is InChI=1S/C13H18ClN3O2S.HI/c1-19-11-4-3-9(7-10(11)14)17-12(15)16-8-13(5-6-13)20(2)18;/h3-4,7H,5-6,8H2,1-2H3,(H3,15,16,17);1H. The molecular formula is C13H19ClIN3O2S. The van der Waals surface area contributed by atoms with Gasteiger partial charge in [-0.25, -0.2) is 0 Å². The summed E-state index contributed by atoms with van der Waals surface area (Å²) in [4.78, 5) is 4.26. The maximum absolute atomic E-state index is 11.6. The molecule has 0 saturated heterocycles. The van der Waals surface area contributed by atoms with Crippen molar-refractivity contribution in [3.05, 3.63) is 23.2 Å². The highest BCUT2D eigenvalue weighted by Crippen LogP contribution is 2.41. The molecule has 1 atom stereocenters. The lowest BCUT2D eigenvalue weighted by Crippen LogP contribution is -2.27. The van der Waals surface area contributed by atoms with Crippen LogP contribution in [0, 0.1) is 0 Å². The molecule has 0 radical (unpaired) electrons. The number of aliphatic imine (C=N–C) groups is 1. The van der Waals surface area contributed by atoms with E-state index in [-0.39, 0.29) is 28.7 Å².